The van der Waals surface area contributed by atoms with Crippen molar-refractivity contribution < 1.29 is 10.2 Å². The van der Waals surface area contributed by atoms with E-state index in [1.807, 2.05) is 26.0 Å². The minimum absolute atomic E-state index is 0.0284. The molecule has 0 fully saturated rings. The molecule has 2 aromatic rings. The summed E-state index contributed by atoms with van der Waals surface area (Å²) in [5, 5.41) is 21.4. The minimum Gasteiger partial charge on any atom is -0.508 e. The Morgan fingerprint density at radius 3 is 1.21 bits per heavy atom. The number of phenolic OH excluding ortho intramolecular Hbond substituents is 2. The molecule has 0 atom stereocenters. The largest absolute Gasteiger partial charge is 0.508 e. The van der Waals surface area contributed by atoms with E-state index < -0.39 is 0 Å². The zero-order valence-electron chi connectivity index (χ0n) is 20.2. The van der Waals surface area contributed by atoms with Crippen molar-refractivity contribution in [1.82, 2.24) is 0 Å². The van der Waals surface area contributed by atoms with Crippen LogP contribution in [0.3, 0.4) is 0 Å². The lowest BCUT2D eigenvalue weighted by Gasteiger charge is -2.32. The number of phenols is 2. The summed E-state index contributed by atoms with van der Waals surface area (Å²) >= 11 is 0. The van der Waals surface area contributed by atoms with Crippen LogP contribution in [0.15, 0.2) is 12.1 Å². The predicted octanol–water partition coefficient (Wildman–Crippen LogP) is 7.03. The number of rotatable bonds is 4. The molecule has 0 unspecified atom stereocenters. The van der Waals surface area contributed by atoms with E-state index in [1.54, 1.807) is 0 Å². The molecule has 0 saturated carbocycles. The number of hydrogen-bond donors (Lipinski definition) is 2. The predicted molar refractivity (Wildman–Crippen MR) is 125 cm³/mol. The summed E-state index contributed by atoms with van der Waals surface area (Å²) in [5.74, 6) is 0.742. The van der Waals surface area contributed by atoms with Crippen LogP contribution >= 0.6 is 0 Å². The highest BCUT2D eigenvalue weighted by molar-refractivity contribution is 5.57. The van der Waals surface area contributed by atoms with E-state index in [9.17, 15) is 10.2 Å². The first-order valence-corrected chi connectivity index (χ1v) is 10.9. The molecule has 0 aliphatic heterocycles. The Labute approximate surface area is 178 Å². The molecule has 2 N–H and O–H groups in total. The standard InChI is InChI=1S/C27H40O2/c1-11-18-13-22(28)16(3)20(24(18)26(5,6)7)15-21-17(4)23(29)14-19(12-2)25(21)27(8,9)10/h13-14,28-29H,11-12,15H2,1-10H3. The maximum atomic E-state index is 10.7. The number of aromatic hydroxyl groups is 2. The molecule has 0 aromatic heterocycles. The lowest BCUT2D eigenvalue weighted by Crippen LogP contribution is -2.22. The van der Waals surface area contributed by atoms with Gasteiger partial charge >= 0.3 is 0 Å². The molecule has 2 nitrogen and oxygen atoms in total. The Kier molecular flexibility index (Phi) is 6.47. The number of hydrogen-bond acceptors (Lipinski definition) is 2. The summed E-state index contributed by atoms with van der Waals surface area (Å²) < 4.78 is 0. The third-order valence-corrected chi connectivity index (χ3v) is 6.16. The van der Waals surface area contributed by atoms with Gasteiger partial charge in [-0.25, -0.2) is 0 Å². The molecule has 2 rings (SSSR count). The Hall–Kier alpha value is -1.96. The van der Waals surface area contributed by atoms with Crippen LogP contribution in [-0.4, -0.2) is 10.2 Å². The zero-order chi connectivity index (χ0) is 22.3. The van der Waals surface area contributed by atoms with Gasteiger partial charge in [0, 0.05) is 0 Å². The van der Waals surface area contributed by atoms with Crippen LogP contribution in [-0.2, 0) is 30.1 Å². The van der Waals surface area contributed by atoms with E-state index in [4.69, 9.17) is 0 Å². The summed E-state index contributed by atoms with van der Waals surface area (Å²) in [7, 11) is 0. The lowest BCUT2D eigenvalue weighted by molar-refractivity contribution is 0.465. The molecule has 2 heteroatoms. The molecule has 2 aromatic carbocycles. The monoisotopic (exact) mass is 396 g/mol. The Morgan fingerprint density at radius 1 is 0.655 bits per heavy atom. The van der Waals surface area contributed by atoms with Gasteiger partial charge in [0.1, 0.15) is 11.5 Å². The van der Waals surface area contributed by atoms with E-state index >= 15 is 0 Å². The summed E-state index contributed by atoms with van der Waals surface area (Å²) in [6.07, 6.45) is 2.50. The van der Waals surface area contributed by atoms with Gasteiger partial charge in [0.25, 0.3) is 0 Å². The lowest BCUT2D eigenvalue weighted by atomic mass is 9.73. The van der Waals surface area contributed by atoms with Crippen molar-refractivity contribution in [2.24, 2.45) is 0 Å². The Bertz CT molecular complexity index is 831. The minimum atomic E-state index is -0.0284. The molecule has 0 spiro atoms. The Morgan fingerprint density at radius 2 is 0.966 bits per heavy atom. The number of aryl methyl sites for hydroxylation is 2. The summed E-state index contributed by atoms with van der Waals surface area (Å²) in [6, 6.07) is 3.88. The topological polar surface area (TPSA) is 40.5 Å². The zero-order valence-corrected chi connectivity index (χ0v) is 20.2. The third-order valence-electron chi connectivity index (χ3n) is 6.16. The maximum Gasteiger partial charge on any atom is 0.119 e. The molecule has 0 bridgehead atoms. The van der Waals surface area contributed by atoms with Crippen molar-refractivity contribution >= 4 is 0 Å². The van der Waals surface area contributed by atoms with Crippen LogP contribution in [0.5, 0.6) is 11.5 Å². The molecule has 0 amide bonds. The van der Waals surface area contributed by atoms with Gasteiger partial charge in [0.2, 0.25) is 0 Å². The van der Waals surface area contributed by atoms with Crippen LogP contribution in [0.2, 0.25) is 0 Å². The SMILES string of the molecule is CCc1cc(O)c(C)c(Cc2c(C)c(O)cc(CC)c2C(C)(C)C)c1C(C)(C)C. The smallest absolute Gasteiger partial charge is 0.119 e. The fraction of sp³-hybridized carbons (Fsp3) is 0.556. The number of benzene rings is 2. The maximum absolute atomic E-state index is 10.7. The van der Waals surface area contributed by atoms with Gasteiger partial charge in [-0.1, -0.05) is 55.4 Å². The van der Waals surface area contributed by atoms with Gasteiger partial charge in [0.05, 0.1) is 0 Å². The molecular weight excluding hydrogens is 356 g/mol. The van der Waals surface area contributed by atoms with Crippen molar-refractivity contribution in [3.8, 4) is 11.5 Å². The summed E-state index contributed by atoms with van der Waals surface area (Å²) in [5.41, 5.74) is 9.33. The fourth-order valence-corrected chi connectivity index (χ4v) is 4.81. The first kappa shape index (κ1) is 23.3. The van der Waals surface area contributed by atoms with Crippen LogP contribution in [0, 0.1) is 13.8 Å². The van der Waals surface area contributed by atoms with E-state index in [-0.39, 0.29) is 10.8 Å². The molecule has 0 aliphatic carbocycles. The van der Waals surface area contributed by atoms with Crippen LogP contribution in [0.4, 0.5) is 0 Å². The van der Waals surface area contributed by atoms with Crippen molar-refractivity contribution in [1.29, 1.82) is 0 Å². The average molecular weight is 397 g/mol. The van der Waals surface area contributed by atoms with Crippen LogP contribution < -0.4 is 0 Å². The van der Waals surface area contributed by atoms with Crippen molar-refractivity contribution in [3.63, 3.8) is 0 Å². The highest BCUT2D eigenvalue weighted by Gasteiger charge is 2.29. The molecule has 160 valence electrons. The van der Waals surface area contributed by atoms with Crippen molar-refractivity contribution in [2.45, 2.75) is 99.3 Å². The molecule has 29 heavy (non-hydrogen) atoms. The average Bonchev–Trinajstić information content (AvgIpc) is 2.59. The van der Waals surface area contributed by atoms with E-state index in [1.165, 1.54) is 33.4 Å². The summed E-state index contributed by atoms with van der Waals surface area (Å²) in [4.78, 5) is 0. The first-order chi connectivity index (χ1) is 13.2. The van der Waals surface area contributed by atoms with Crippen molar-refractivity contribution in [3.05, 3.63) is 56.6 Å². The molecule has 0 aliphatic rings. The normalized spacial score (nSPS) is 12.5. The van der Waals surface area contributed by atoms with Gasteiger partial charge in [-0.3, -0.25) is 0 Å². The van der Waals surface area contributed by atoms with Crippen molar-refractivity contribution in [2.75, 3.05) is 0 Å². The van der Waals surface area contributed by atoms with E-state index in [0.717, 1.165) is 30.4 Å². The van der Waals surface area contributed by atoms with Gasteiger partial charge in [-0.05, 0) is 101 Å². The molecule has 0 radical (unpaired) electrons. The van der Waals surface area contributed by atoms with Gasteiger partial charge in [0.15, 0.2) is 0 Å². The highest BCUT2D eigenvalue weighted by Crippen LogP contribution is 2.41. The fourth-order valence-electron chi connectivity index (χ4n) is 4.81. The van der Waals surface area contributed by atoms with E-state index in [0.29, 0.717) is 11.5 Å². The molecule has 0 heterocycles. The van der Waals surface area contributed by atoms with E-state index in [2.05, 4.69) is 55.4 Å². The second kappa shape index (κ2) is 8.05. The van der Waals surface area contributed by atoms with Gasteiger partial charge in [-0.2, -0.15) is 0 Å². The van der Waals surface area contributed by atoms with Crippen LogP contribution in [0.1, 0.15) is 99.9 Å². The van der Waals surface area contributed by atoms with Crippen LogP contribution in [0.25, 0.3) is 0 Å². The first-order valence-electron chi connectivity index (χ1n) is 10.9. The third kappa shape index (κ3) is 4.47. The quantitative estimate of drug-likeness (QED) is 0.582. The summed E-state index contributed by atoms with van der Waals surface area (Å²) in [6.45, 7) is 21.8. The van der Waals surface area contributed by atoms with Gasteiger partial charge in [-0.15, -0.1) is 0 Å². The second-order valence-electron chi connectivity index (χ2n) is 10.5. The Balaban J connectivity index is 2.92. The second-order valence-corrected chi connectivity index (χ2v) is 10.5. The molecule has 0 saturated heterocycles. The van der Waals surface area contributed by atoms with Gasteiger partial charge < -0.3 is 10.2 Å². The molecular formula is C27H40O2. The highest BCUT2D eigenvalue weighted by atomic mass is 16.3.